The molecule has 0 saturated carbocycles. The molecule has 0 N–H and O–H groups in total. The quantitative estimate of drug-likeness (QED) is 0.529. The molecule has 0 aromatic carbocycles. The van der Waals surface area contributed by atoms with Crippen LogP contribution in [0.5, 0.6) is 0 Å². The van der Waals surface area contributed by atoms with Gasteiger partial charge in [0.25, 0.3) is 0 Å². The van der Waals surface area contributed by atoms with Crippen LogP contribution >= 0.6 is 31.1 Å². The van der Waals surface area contributed by atoms with E-state index in [1.54, 1.807) is 0 Å². The summed E-state index contributed by atoms with van der Waals surface area (Å²) < 4.78 is 41.7. The smallest absolute Gasteiger partial charge is 0.312 e. The van der Waals surface area contributed by atoms with Gasteiger partial charge in [0.15, 0.2) is 0 Å². The number of hydrogen-bond acceptors (Lipinski definition) is 6. The number of halogens is 1. The highest BCUT2D eigenvalue weighted by molar-refractivity contribution is 9.10. The van der Waals surface area contributed by atoms with Crippen LogP contribution in [0.25, 0.3) is 0 Å². The van der Waals surface area contributed by atoms with E-state index in [4.69, 9.17) is 18.1 Å². The first-order valence-electron chi connectivity index (χ1n) is 3.93. The Hall–Kier alpha value is 0.780. The SMILES string of the molecule is COP(=O)(CC(Br)P(=O)(OC)OC)OC. The Morgan fingerprint density at radius 2 is 1.40 bits per heavy atom. The highest BCUT2D eigenvalue weighted by Crippen LogP contribution is 2.60. The van der Waals surface area contributed by atoms with Gasteiger partial charge < -0.3 is 18.1 Å². The Morgan fingerprint density at radius 1 is 1.00 bits per heavy atom. The average molecular weight is 325 g/mol. The van der Waals surface area contributed by atoms with E-state index in [2.05, 4.69) is 15.9 Å². The van der Waals surface area contributed by atoms with Crippen LogP contribution in [0.4, 0.5) is 0 Å². The van der Waals surface area contributed by atoms with Crippen LogP contribution < -0.4 is 0 Å². The molecule has 9 heteroatoms. The van der Waals surface area contributed by atoms with Crippen molar-refractivity contribution >= 4 is 31.1 Å². The largest absolute Gasteiger partial charge is 0.344 e. The van der Waals surface area contributed by atoms with Gasteiger partial charge in [0, 0.05) is 28.4 Å². The van der Waals surface area contributed by atoms with Crippen molar-refractivity contribution in [2.24, 2.45) is 0 Å². The minimum Gasteiger partial charge on any atom is -0.312 e. The molecule has 15 heavy (non-hydrogen) atoms. The van der Waals surface area contributed by atoms with Gasteiger partial charge in [-0.15, -0.1) is 0 Å². The first-order chi connectivity index (χ1) is 6.87. The lowest BCUT2D eigenvalue weighted by atomic mass is 11.0. The molecule has 0 spiro atoms. The third kappa shape index (κ3) is 4.27. The molecule has 0 aromatic heterocycles. The highest BCUT2D eigenvalue weighted by atomic mass is 79.9. The number of rotatable bonds is 7. The monoisotopic (exact) mass is 324 g/mol. The highest BCUT2D eigenvalue weighted by Gasteiger charge is 2.38. The van der Waals surface area contributed by atoms with E-state index in [1.165, 1.54) is 28.4 Å². The fourth-order valence-electron chi connectivity index (χ4n) is 0.811. The van der Waals surface area contributed by atoms with Crippen molar-refractivity contribution in [1.29, 1.82) is 0 Å². The molecule has 0 heterocycles. The van der Waals surface area contributed by atoms with E-state index in [0.29, 0.717) is 0 Å². The van der Waals surface area contributed by atoms with E-state index in [9.17, 15) is 9.13 Å². The lowest BCUT2D eigenvalue weighted by Crippen LogP contribution is -2.10. The van der Waals surface area contributed by atoms with Crippen LogP contribution in [-0.4, -0.2) is 39.2 Å². The fourth-order valence-corrected chi connectivity index (χ4v) is 5.70. The van der Waals surface area contributed by atoms with Crippen LogP contribution in [0, 0.1) is 0 Å². The van der Waals surface area contributed by atoms with Crippen molar-refractivity contribution in [1.82, 2.24) is 0 Å². The molecule has 0 rings (SSSR count). The zero-order chi connectivity index (χ0) is 12.1. The lowest BCUT2D eigenvalue weighted by molar-refractivity contribution is 0.264. The van der Waals surface area contributed by atoms with E-state index < -0.39 is 19.8 Å². The third-order valence-corrected chi connectivity index (χ3v) is 8.21. The molecule has 0 aliphatic rings. The Balaban J connectivity index is 4.67. The van der Waals surface area contributed by atoms with E-state index in [1.807, 2.05) is 0 Å². The van der Waals surface area contributed by atoms with Crippen molar-refractivity contribution in [2.45, 2.75) is 4.57 Å². The minimum absolute atomic E-state index is 0.0983. The summed E-state index contributed by atoms with van der Waals surface area (Å²) in [6.07, 6.45) is -0.0983. The zero-order valence-corrected chi connectivity index (χ0v) is 12.4. The summed E-state index contributed by atoms with van der Waals surface area (Å²) in [6.45, 7) is 0. The molecule has 0 bridgehead atoms. The molecule has 1 atom stereocenters. The maximum Gasteiger partial charge on any atom is 0.344 e. The maximum atomic E-state index is 11.8. The summed E-state index contributed by atoms with van der Waals surface area (Å²) in [7, 11) is -1.53. The number of alkyl halides is 1. The molecule has 0 amide bonds. The van der Waals surface area contributed by atoms with Crippen molar-refractivity contribution in [3.8, 4) is 0 Å². The van der Waals surface area contributed by atoms with Crippen LogP contribution in [0.15, 0.2) is 0 Å². The molecule has 0 aliphatic carbocycles. The topological polar surface area (TPSA) is 71.1 Å². The molecule has 6 nitrogen and oxygen atoms in total. The number of hydrogen-bond donors (Lipinski definition) is 0. The maximum absolute atomic E-state index is 11.8. The second-order valence-electron chi connectivity index (χ2n) is 2.50. The predicted octanol–water partition coefficient (Wildman–Crippen LogP) is 2.68. The van der Waals surface area contributed by atoms with Gasteiger partial charge in [0.2, 0.25) is 0 Å². The fraction of sp³-hybridized carbons (Fsp3) is 1.00. The first kappa shape index (κ1) is 15.8. The van der Waals surface area contributed by atoms with Crippen molar-refractivity contribution < 1.29 is 27.2 Å². The molecule has 1 unspecified atom stereocenters. The van der Waals surface area contributed by atoms with Crippen LogP contribution in [0.1, 0.15) is 0 Å². The van der Waals surface area contributed by atoms with Gasteiger partial charge in [-0.2, -0.15) is 0 Å². The average Bonchev–Trinajstić information content (AvgIpc) is 2.27. The normalized spacial score (nSPS) is 15.3. The van der Waals surface area contributed by atoms with Crippen LogP contribution in [0.2, 0.25) is 0 Å². The van der Waals surface area contributed by atoms with E-state index in [-0.39, 0.29) is 6.16 Å². The Kier molecular flexibility index (Phi) is 6.84. The standard InChI is InChI=1S/C6H15BrO6P2/c1-10-14(8,11-2)5-6(7)15(9,12-3)13-4/h6H,5H2,1-4H3. The first-order valence-corrected chi connectivity index (χ1v) is 8.18. The molecular weight excluding hydrogens is 310 g/mol. The van der Waals surface area contributed by atoms with Gasteiger partial charge in [0.05, 0.1) is 6.16 Å². The minimum atomic E-state index is -3.31. The molecular formula is C6H15BrO6P2. The zero-order valence-electron chi connectivity index (χ0n) is 9.01. The summed E-state index contributed by atoms with van der Waals surface area (Å²) in [5, 5.41) is 0. The van der Waals surface area contributed by atoms with Crippen molar-refractivity contribution in [2.75, 3.05) is 34.6 Å². The van der Waals surface area contributed by atoms with Crippen molar-refractivity contribution in [3.05, 3.63) is 0 Å². The third-order valence-electron chi connectivity index (χ3n) is 1.78. The van der Waals surface area contributed by atoms with Gasteiger partial charge in [-0.05, 0) is 0 Å². The summed E-state index contributed by atoms with van der Waals surface area (Å²) in [5.74, 6) is 0. The van der Waals surface area contributed by atoms with Gasteiger partial charge in [-0.25, -0.2) is 0 Å². The summed E-state index contributed by atoms with van der Waals surface area (Å²) in [6, 6.07) is 0. The van der Waals surface area contributed by atoms with Gasteiger partial charge in [-0.1, -0.05) is 15.9 Å². The molecule has 0 aromatic rings. The molecule has 0 saturated heterocycles. The van der Waals surface area contributed by atoms with Gasteiger partial charge in [0.1, 0.15) is 4.57 Å². The van der Waals surface area contributed by atoms with Gasteiger partial charge in [-0.3, -0.25) is 9.13 Å². The second-order valence-corrected chi connectivity index (χ2v) is 9.06. The van der Waals surface area contributed by atoms with Crippen LogP contribution in [0.3, 0.4) is 0 Å². The molecule has 0 fully saturated rings. The molecule has 0 aliphatic heterocycles. The Morgan fingerprint density at radius 3 is 1.67 bits per heavy atom. The van der Waals surface area contributed by atoms with Gasteiger partial charge >= 0.3 is 15.2 Å². The Labute approximate surface area is 97.8 Å². The second kappa shape index (κ2) is 6.50. The Bertz CT molecular complexity index is 267. The van der Waals surface area contributed by atoms with Crippen LogP contribution in [-0.2, 0) is 27.2 Å². The summed E-state index contributed by atoms with van der Waals surface area (Å²) >= 11 is 3.09. The van der Waals surface area contributed by atoms with E-state index >= 15 is 0 Å². The predicted molar refractivity (Wildman–Crippen MR) is 60.8 cm³/mol. The van der Waals surface area contributed by atoms with E-state index in [0.717, 1.165) is 0 Å². The molecule has 0 radical (unpaired) electrons. The van der Waals surface area contributed by atoms with Crippen molar-refractivity contribution in [3.63, 3.8) is 0 Å². The summed E-state index contributed by atoms with van der Waals surface area (Å²) in [5.41, 5.74) is 0. The molecule has 92 valence electrons. The lowest BCUT2D eigenvalue weighted by Gasteiger charge is -2.22. The summed E-state index contributed by atoms with van der Waals surface area (Å²) in [4.78, 5) is 0.